The molecule has 1 aromatic carbocycles. The molecule has 2 heterocycles. The first-order valence-corrected chi connectivity index (χ1v) is 8.41. The van der Waals surface area contributed by atoms with Gasteiger partial charge in [-0.2, -0.15) is 10.2 Å². The van der Waals surface area contributed by atoms with Crippen LogP contribution >= 0.6 is 27.5 Å². The topological polar surface area (TPSA) is 64.7 Å². The minimum absolute atomic E-state index is 0.136. The van der Waals surface area contributed by atoms with Gasteiger partial charge >= 0.3 is 0 Å². The Morgan fingerprint density at radius 3 is 2.54 bits per heavy atom. The van der Waals surface area contributed by atoms with Gasteiger partial charge in [-0.1, -0.05) is 11.6 Å². The Morgan fingerprint density at radius 2 is 2.00 bits per heavy atom. The Kier molecular flexibility index (Phi) is 4.73. The second kappa shape index (κ2) is 6.78. The van der Waals surface area contributed by atoms with Gasteiger partial charge in [-0.25, -0.2) is 4.68 Å². The summed E-state index contributed by atoms with van der Waals surface area (Å²) < 4.78 is 4.27. The van der Waals surface area contributed by atoms with Gasteiger partial charge in [0.15, 0.2) is 0 Å². The summed E-state index contributed by atoms with van der Waals surface area (Å²) in [6.07, 6.45) is 3.29. The number of aromatic nitrogens is 4. The van der Waals surface area contributed by atoms with E-state index in [4.69, 9.17) is 11.6 Å². The number of aryl methyl sites for hydroxylation is 1. The lowest BCUT2D eigenvalue weighted by molar-refractivity contribution is -0.116. The van der Waals surface area contributed by atoms with Crippen LogP contribution in [0.15, 0.2) is 41.1 Å². The summed E-state index contributed by atoms with van der Waals surface area (Å²) in [6, 6.07) is 7.36. The van der Waals surface area contributed by atoms with Gasteiger partial charge in [0.2, 0.25) is 5.91 Å². The van der Waals surface area contributed by atoms with Gasteiger partial charge < -0.3 is 5.32 Å². The average Bonchev–Trinajstić information content (AvgIpc) is 3.08. The lowest BCUT2D eigenvalue weighted by atomic mass is 10.3. The molecule has 0 saturated heterocycles. The van der Waals surface area contributed by atoms with Crippen molar-refractivity contribution >= 4 is 39.1 Å². The molecular weight excluding hydrogens is 394 g/mol. The third-order valence-corrected chi connectivity index (χ3v) is 4.90. The van der Waals surface area contributed by atoms with Crippen LogP contribution in [0.2, 0.25) is 5.02 Å². The molecule has 0 aliphatic rings. The molecule has 2 aromatic heterocycles. The summed E-state index contributed by atoms with van der Waals surface area (Å²) >= 11 is 9.32. The normalized spacial score (nSPS) is 10.8. The molecule has 24 heavy (non-hydrogen) atoms. The van der Waals surface area contributed by atoms with Crippen molar-refractivity contribution in [1.29, 1.82) is 0 Å². The molecule has 0 fully saturated rings. The zero-order valence-corrected chi connectivity index (χ0v) is 15.5. The van der Waals surface area contributed by atoms with Crippen LogP contribution in [0, 0.1) is 13.8 Å². The Bertz CT molecular complexity index is 885. The third kappa shape index (κ3) is 3.52. The number of hydrogen-bond acceptors (Lipinski definition) is 3. The fourth-order valence-electron chi connectivity index (χ4n) is 2.31. The first kappa shape index (κ1) is 16.7. The molecule has 3 aromatic rings. The van der Waals surface area contributed by atoms with E-state index in [-0.39, 0.29) is 12.5 Å². The summed E-state index contributed by atoms with van der Waals surface area (Å²) in [4.78, 5) is 12.2. The minimum atomic E-state index is -0.136. The SMILES string of the molecule is Cc1nn(CC(=O)Nc2ccc(-n3cc(Cl)cn3)cc2)c(C)c1Br. The van der Waals surface area contributed by atoms with Crippen molar-refractivity contribution in [2.75, 3.05) is 5.32 Å². The minimum Gasteiger partial charge on any atom is -0.324 e. The van der Waals surface area contributed by atoms with E-state index in [1.165, 1.54) is 0 Å². The highest BCUT2D eigenvalue weighted by molar-refractivity contribution is 9.10. The summed E-state index contributed by atoms with van der Waals surface area (Å²) in [7, 11) is 0. The van der Waals surface area contributed by atoms with Crippen LogP contribution in [0.4, 0.5) is 5.69 Å². The molecule has 0 aliphatic carbocycles. The fraction of sp³-hybridized carbons (Fsp3) is 0.188. The number of amides is 1. The highest BCUT2D eigenvalue weighted by Gasteiger charge is 2.12. The zero-order chi connectivity index (χ0) is 17.3. The van der Waals surface area contributed by atoms with Crippen molar-refractivity contribution in [2.45, 2.75) is 20.4 Å². The number of hydrogen-bond donors (Lipinski definition) is 1. The molecule has 0 atom stereocenters. The summed E-state index contributed by atoms with van der Waals surface area (Å²) in [5.41, 5.74) is 3.36. The van der Waals surface area contributed by atoms with Crippen LogP contribution < -0.4 is 5.32 Å². The lowest BCUT2D eigenvalue weighted by Gasteiger charge is -2.08. The molecule has 0 unspecified atom stereocenters. The standard InChI is InChI=1S/C16H15BrClN5O/c1-10-16(17)11(2)22(21-10)9-15(24)20-13-3-5-14(6-4-13)23-8-12(18)7-19-23/h3-8H,9H2,1-2H3,(H,20,24). The van der Waals surface area contributed by atoms with Gasteiger partial charge in [0.05, 0.1) is 32.8 Å². The van der Waals surface area contributed by atoms with E-state index in [0.29, 0.717) is 10.7 Å². The largest absolute Gasteiger partial charge is 0.324 e. The molecule has 6 nitrogen and oxygen atoms in total. The Labute approximate surface area is 152 Å². The van der Waals surface area contributed by atoms with Gasteiger partial charge in [-0.05, 0) is 54.0 Å². The van der Waals surface area contributed by atoms with E-state index in [0.717, 1.165) is 21.5 Å². The van der Waals surface area contributed by atoms with E-state index in [9.17, 15) is 4.79 Å². The number of benzene rings is 1. The van der Waals surface area contributed by atoms with E-state index in [1.54, 1.807) is 21.8 Å². The van der Waals surface area contributed by atoms with Crippen LogP contribution in [0.25, 0.3) is 5.69 Å². The first-order chi connectivity index (χ1) is 11.4. The number of nitrogens with zero attached hydrogens (tertiary/aromatic N) is 4. The summed E-state index contributed by atoms with van der Waals surface area (Å²) in [6.45, 7) is 3.97. The van der Waals surface area contributed by atoms with Crippen LogP contribution in [0.5, 0.6) is 0 Å². The molecule has 1 N–H and O–H groups in total. The Hall–Kier alpha value is -2.12. The van der Waals surface area contributed by atoms with Crippen molar-refractivity contribution in [2.24, 2.45) is 0 Å². The van der Waals surface area contributed by atoms with Crippen LogP contribution in [-0.4, -0.2) is 25.5 Å². The number of carbonyl (C=O) groups excluding carboxylic acids is 1. The Morgan fingerprint density at radius 1 is 1.29 bits per heavy atom. The van der Waals surface area contributed by atoms with Gasteiger partial charge in [-0.3, -0.25) is 9.48 Å². The predicted molar refractivity (Wildman–Crippen MR) is 96.6 cm³/mol. The average molecular weight is 409 g/mol. The second-order valence-electron chi connectivity index (χ2n) is 5.34. The molecular formula is C16H15BrClN5O. The quantitative estimate of drug-likeness (QED) is 0.715. The van der Waals surface area contributed by atoms with E-state index in [1.807, 2.05) is 38.1 Å². The third-order valence-electron chi connectivity index (χ3n) is 3.55. The van der Waals surface area contributed by atoms with Crippen molar-refractivity contribution in [3.05, 3.63) is 57.5 Å². The first-order valence-electron chi connectivity index (χ1n) is 7.24. The number of carbonyl (C=O) groups is 1. The number of halogens is 2. The van der Waals surface area contributed by atoms with Crippen molar-refractivity contribution in [3.8, 4) is 5.69 Å². The molecule has 0 saturated carbocycles. The maximum absolute atomic E-state index is 12.2. The summed E-state index contributed by atoms with van der Waals surface area (Å²) in [5.74, 6) is -0.136. The monoisotopic (exact) mass is 407 g/mol. The molecule has 0 bridgehead atoms. The highest BCUT2D eigenvalue weighted by atomic mass is 79.9. The number of anilines is 1. The fourth-order valence-corrected chi connectivity index (χ4v) is 2.73. The Balaban J connectivity index is 1.67. The molecule has 3 rings (SSSR count). The van der Waals surface area contributed by atoms with E-state index < -0.39 is 0 Å². The lowest BCUT2D eigenvalue weighted by Crippen LogP contribution is -2.20. The van der Waals surface area contributed by atoms with Gasteiger partial charge in [0.25, 0.3) is 0 Å². The van der Waals surface area contributed by atoms with Crippen molar-refractivity contribution in [3.63, 3.8) is 0 Å². The summed E-state index contributed by atoms with van der Waals surface area (Å²) in [5, 5.41) is 11.9. The van der Waals surface area contributed by atoms with Gasteiger partial charge in [0.1, 0.15) is 6.54 Å². The number of nitrogens with one attached hydrogen (secondary N) is 1. The van der Waals surface area contributed by atoms with Crippen LogP contribution in [0.1, 0.15) is 11.4 Å². The predicted octanol–water partition coefficient (Wildman–Crippen LogP) is 3.74. The second-order valence-corrected chi connectivity index (χ2v) is 6.57. The molecule has 8 heteroatoms. The molecule has 124 valence electrons. The van der Waals surface area contributed by atoms with E-state index in [2.05, 4.69) is 31.4 Å². The van der Waals surface area contributed by atoms with E-state index >= 15 is 0 Å². The maximum atomic E-state index is 12.2. The molecule has 0 radical (unpaired) electrons. The maximum Gasteiger partial charge on any atom is 0.246 e. The van der Waals surface area contributed by atoms with Crippen LogP contribution in [0.3, 0.4) is 0 Å². The smallest absolute Gasteiger partial charge is 0.246 e. The molecule has 0 aliphatic heterocycles. The zero-order valence-electron chi connectivity index (χ0n) is 13.1. The highest BCUT2D eigenvalue weighted by Crippen LogP contribution is 2.20. The molecule has 0 spiro atoms. The van der Waals surface area contributed by atoms with Crippen LogP contribution in [-0.2, 0) is 11.3 Å². The van der Waals surface area contributed by atoms with Gasteiger partial charge in [-0.15, -0.1) is 0 Å². The van der Waals surface area contributed by atoms with Crippen molar-refractivity contribution in [1.82, 2.24) is 19.6 Å². The van der Waals surface area contributed by atoms with Crippen molar-refractivity contribution < 1.29 is 4.79 Å². The molecule has 1 amide bonds. The van der Waals surface area contributed by atoms with Gasteiger partial charge in [0, 0.05) is 11.9 Å². The number of rotatable bonds is 4.